The first-order valence-electron chi connectivity index (χ1n) is 4.72. The van der Waals surface area contributed by atoms with Crippen LogP contribution in [0.4, 0.5) is 11.5 Å². The van der Waals surface area contributed by atoms with Crippen molar-refractivity contribution in [2.24, 2.45) is 7.05 Å². The van der Waals surface area contributed by atoms with E-state index in [1.807, 2.05) is 13.1 Å². The Labute approximate surface area is 91.3 Å². The molecule has 0 amide bonds. The standard InChI is InChI=1S/C9H12N6O/c1-15-6(2-3-14-15)4-11-8-7(10)9(16)13-5-12-8/h2-3,5H,4,10H2,1H3,(H2,11,12,13,16). The van der Waals surface area contributed by atoms with Crippen molar-refractivity contribution < 1.29 is 0 Å². The second-order valence-corrected chi connectivity index (χ2v) is 3.29. The molecule has 0 spiro atoms. The lowest BCUT2D eigenvalue weighted by Crippen LogP contribution is -2.16. The molecular weight excluding hydrogens is 208 g/mol. The number of anilines is 2. The van der Waals surface area contributed by atoms with E-state index in [1.165, 1.54) is 6.33 Å². The van der Waals surface area contributed by atoms with Crippen LogP contribution in [0.25, 0.3) is 0 Å². The molecule has 0 saturated carbocycles. The third-order valence-corrected chi connectivity index (χ3v) is 2.25. The average Bonchev–Trinajstić information content (AvgIpc) is 2.67. The first kappa shape index (κ1) is 10.2. The normalized spacial score (nSPS) is 10.3. The van der Waals surface area contributed by atoms with Gasteiger partial charge in [-0.25, -0.2) is 4.98 Å². The molecular formula is C9H12N6O. The van der Waals surface area contributed by atoms with Crippen molar-refractivity contribution in [2.45, 2.75) is 6.54 Å². The molecule has 0 bridgehead atoms. The van der Waals surface area contributed by atoms with Crippen LogP contribution in [0.3, 0.4) is 0 Å². The summed E-state index contributed by atoms with van der Waals surface area (Å²) < 4.78 is 1.73. The van der Waals surface area contributed by atoms with Crippen molar-refractivity contribution >= 4 is 11.5 Å². The van der Waals surface area contributed by atoms with E-state index in [0.29, 0.717) is 12.4 Å². The fourth-order valence-electron chi connectivity index (χ4n) is 1.30. The van der Waals surface area contributed by atoms with Gasteiger partial charge in [-0.1, -0.05) is 0 Å². The molecule has 0 atom stereocenters. The molecule has 84 valence electrons. The Morgan fingerprint density at radius 2 is 2.44 bits per heavy atom. The molecule has 2 aromatic heterocycles. The average molecular weight is 220 g/mol. The van der Waals surface area contributed by atoms with E-state index < -0.39 is 0 Å². The molecule has 0 aliphatic rings. The molecule has 4 N–H and O–H groups in total. The molecule has 2 heterocycles. The maximum atomic E-state index is 11.2. The summed E-state index contributed by atoms with van der Waals surface area (Å²) in [5.74, 6) is 0.380. The predicted octanol–water partition coefficient (Wildman–Crippen LogP) is -0.302. The Balaban J connectivity index is 2.14. The van der Waals surface area contributed by atoms with Crippen molar-refractivity contribution in [1.82, 2.24) is 19.7 Å². The molecule has 0 aliphatic heterocycles. The molecule has 0 saturated heterocycles. The van der Waals surface area contributed by atoms with Gasteiger partial charge in [0.1, 0.15) is 5.69 Å². The molecule has 7 nitrogen and oxygen atoms in total. The van der Waals surface area contributed by atoms with Crippen LogP contribution >= 0.6 is 0 Å². The molecule has 2 aromatic rings. The van der Waals surface area contributed by atoms with E-state index >= 15 is 0 Å². The molecule has 0 fully saturated rings. The highest BCUT2D eigenvalue weighted by Gasteiger charge is 2.04. The van der Waals surface area contributed by atoms with E-state index in [4.69, 9.17) is 5.73 Å². The van der Waals surface area contributed by atoms with Gasteiger partial charge in [0.15, 0.2) is 5.82 Å². The largest absolute Gasteiger partial charge is 0.391 e. The Morgan fingerprint density at radius 1 is 1.62 bits per heavy atom. The summed E-state index contributed by atoms with van der Waals surface area (Å²) in [6.07, 6.45) is 3.01. The number of nitrogens with zero attached hydrogens (tertiary/aromatic N) is 3. The van der Waals surface area contributed by atoms with Gasteiger partial charge in [-0.3, -0.25) is 9.48 Å². The monoisotopic (exact) mass is 220 g/mol. The zero-order valence-electron chi connectivity index (χ0n) is 8.77. The molecule has 0 radical (unpaired) electrons. The summed E-state index contributed by atoms with van der Waals surface area (Å²) in [5.41, 5.74) is 6.29. The Morgan fingerprint density at radius 3 is 3.12 bits per heavy atom. The van der Waals surface area contributed by atoms with Crippen molar-refractivity contribution in [3.05, 3.63) is 34.6 Å². The van der Waals surface area contributed by atoms with Crippen molar-refractivity contribution in [3.8, 4) is 0 Å². The van der Waals surface area contributed by atoms with Crippen LogP contribution in [0.5, 0.6) is 0 Å². The second-order valence-electron chi connectivity index (χ2n) is 3.29. The highest BCUT2D eigenvalue weighted by molar-refractivity contribution is 5.58. The lowest BCUT2D eigenvalue weighted by Gasteiger charge is -2.06. The van der Waals surface area contributed by atoms with Crippen LogP contribution in [0.2, 0.25) is 0 Å². The molecule has 0 unspecified atom stereocenters. The van der Waals surface area contributed by atoms with Gasteiger partial charge in [0.2, 0.25) is 0 Å². The zero-order valence-corrected chi connectivity index (χ0v) is 8.77. The number of nitrogens with one attached hydrogen (secondary N) is 2. The minimum absolute atomic E-state index is 0.0877. The van der Waals surface area contributed by atoms with Gasteiger partial charge in [-0.05, 0) is 6.07 Å². The Kier molecular flexibility index (Phi) is 2.59. The summed E-state index contributed by atoms with van der Waals surface area (Å²) >= 11 is 0. The van der Waals surface area contributed by atoms with Crippen molar-refractivity contribution in [3.63, 3.8) is 0 Å². The number of rotatable bonds is 3. The minimum atomic E-state index is -0.345. The third kappa shape index (κ3) is 1.88. The summed E-state index contributed by atoms with van der Waals surface area (Å²) in [7, 11) is 1.84. The van der Waals surface area contributed by atoms with Crippen LogP contribution in [0, 0.1) is 0 Å². The topological polar surface area (TPSA) is 102 Å². The number of hydrogen-bond donors (Lipinski definition) is 3. The summed E-state index contributed by atoms with van der Waals surface area (Å²) in [4.78, 5) is 17.5. The lowest BCUT2D eigenvalue weighted by atomic mass is 10.4. The number of aromatic amines is 1. The maximum Gasteiger partial charge on any atom is 0.276 e. The van der Waals surface area contributed by atoms with E-state index in [-0.39, 0.29) is 11.2 Å². The number of aryl methyl sites for hydroxylation is 1. The Hall–Kier alpha value is -2.31. The van der Waals surface area contributed by atoms with Gasteiger partial charge in [0, 0.05) is 13.2 Å². The number of H-pyrrole nitrogens is 1. The SMILES string of the molecule is Cn1nccc1CNc1nc[nH]c(=O)c1N. The predicted molar refractivity (Wildman–Crippen MR) is 59.8 cm³/mol. The number of aromatic nitrogens is 4. The third-order valence-electron chi connectivity index (χ3n) is 2.25. The maximum absolute atomic E-state index is 11.2. The lowest BCUT2D eigenvalue weighted by molar-refractivity contribution is 0.720. The molecule has 7 heteroatoms. The number of nitrogen functional groups attached to an aromatic ring is 1. The van der Waals surface area contributed by atoms with E-state index in [0.717, 1.165) is 5.69 Å². The fourth-order valence-corrected chi connectivity index (χ4v) is 1.30. The first-order chi connectivity index (χ1) is 7.68. The van der Waals surface area contributed by atoms with E-state index in [9.17, 15) is 4.79 Å². The van der Waals surface area contributed by atoms with Crippen molar-refractivity contribution in [2.75, 3.05) is 11.1 Å². The van der Waals surface area contributed by atoms with E-state index in [1.54, 1.807) is 10.9 Å². The first-order valence-corrected chi connectivity index (χ1v) is 4.72. The molecule has 0 aromatic carbocycles. The quantitative estimate of drug-likeness (QED) is 0.659. The molecule has 0 aliphatic carbocycles. The van der Waals surface area contributed by atoms with Crippen molar-refractivity contribution in [1.29, 1.82) is 0 Å². The van der Waals surface area contributed by atoms with Gasteiger partial charge in [0.25, 0.3) is 5.56 Å². The van der Waals surface area contributed by atoms with Gasteiger partial charge < -0.3 is 16.0 Å². The van der Waals surface area contributed by atoms with Crippen LogP contribution in [-0.4, -0.2) is 19.7 Å². The minimum Gasteiger partial charge on any atom is -0.391 e. The Bertz CT molecular complexity index is 543. The van der Waals surface area contributed by atoms with Gasteiger partial charge in [0.05, 0.1) is 18.6 Å². The van der Waals surface area contributed by atoms with Gasteiger partial charge >= 0.3 is 0 Å². The molecule has 16 heavy (non-hydrogen) atoms. The smallest absolute Gasteiger partial charge is 0.276 e. The van der Waals surface area contributed by atoms with Crippen LogP contribution in [0.1, 0.15) is 5.69 Å². The summed E-state index contributed by atoms with van der Waals surface area (Å²) in [6.45, 7) is 0.511. The van der Waals surface area contributed by atoms with Gasteiger partial charge in [-0.2, -0.15) is 5.10 Å². The van der Waals surface area contributed by atoms with Crippen LogP contribution in [0.15, 0.2) is 23.4 Å². The van der Waals surface area contributed by atoms with Crippen LogP contribution < -0.4 is 16.6 Å². The summed E-state index contributed by atoms with van der Waals surface area (Å²) in [6, 6.07) is 1.87. The van der Waals surface area contributed by atoms with Gasteiger partial charge in [-0.15, -0.1) is 0 Å². The summed E-state index contributed by atoms with van der Waals surface area (Å²) in [5, 5.41) is 7.01. The second kappa shape index (κ2) is 4.05. The highest BCUT2D eigenvalue weighted by atomic mass is 16.1. The van der Waals surface area contributed by atoms with Crippen LogP contribution in [-0.2, 0) is 13.6 Å². The highest BCUT2D eigenvalue weighted by Crippen LogP contribution is 2.09. The molecule has 2 rings (SSSR count). The van der Waals surface area contributed by atoms with E-state index in [2.05, 4.69) is 20.4 Å². The fraction of sp³-hybridized carbons (Fsp3) is 0.222. The number of hydrogen-bond acceptors (Lipinski definition) is 5. The zero-order chi connectivity index (χ0) is 11.5. The number of nitrogens with two attached hydrogens (primary N) is 1.